The maximum absolute atomic E-state index is 5.43. The van der Waals surface area contributed by atoms with Crippen LogP contribution in [-0.2, 0) is 13.7 Å². The Morgan fingerprint density at radius 2 is 2.46 bits per heavy atom. The van der Waals surface area contributed by atoms with Gasteiger partial charge in [0.2, 0.25) is 0 Å². The zero-order valence-electron chi connectivity index (χ0n) is 7.27. The first-order valence-electron chi connectivity index (χ1n) is 3.94. The maximum atomic E-state index is 5.43. The highest BCUT2D eigenvalue weighted by molar-refractivity contribution is 5.12. The second-order valence-corrected chi connectivity index (χ2v) is 2.74. The normalized spacial score (nSPS) is 10.2. The molecule has 13 heavy (non-hydrogen) atoms. The van der Waals surface area contributed by atoms with Crippen LogP contribution >= 0.6 is 0 Å². The third kappa shape index (κ3) is 1.87. The second-order valence-electron chi connectivity index (χ2n) is 2.74. The average molecular weight is 178 g/mol. The van der Waals surface area contributed by atoms with E-state index in [1.807, 2.05) is 13.2 Å². The number of aryl methyl sites for hydroxylation is 1. The Kier molecular flexibility index (Phi) is 1.99. The molecule has 0 aromatic carbocycles. The van der Waals surface area contributed by atoms with Crippen molar-refractivity contribution in [3.05, 3.63) is 30.4 Å². The predicted molar refractivity (Wildman–Crippen MR) is 46.1 cm³/mol. The van der Waals surface area contributed by atoms with Gasteiger partial charge in [-0.25, -0.2) is 0 Å². The van der Waals surface area contributed by atoms with Gasteiger partial charge in [0.25, 0.3) is 0 Å². The Labute approximate surface area is 75.3 Å². The van der Waals surface area contributed by atoms with Crippen LogP contribution in [0.15, 0.2) is 24.8 Å². The van der Waals surface area contributed by atoms with Gasteiger partial charge in [-0.1, -0.05) is 0 Å². The minimum absolute atomic E-state index is 0.516. The molecule has 0 aliphatic carbocycles. The molecule has 2 heterocycles. The van der Waals surface area contributed by atoms with Crippen molar-refractivity contribution in [1.29, 1.82) is 0 Å². The van der Waals surface area contributed by atoms with Crippen LogP contribution in [0, 0.1) is 0 Å². The van der Waals surface area contributed by atoms with Gasteiger partial charge in [-0.2, -0.15) is 10.2 Å². The lowest BCUT2D eigenvalue weighted by atomic mass is 10.4. The van der Waals surface area contributed by atoms with Gasteiger partial charge in [0.15, 0.2) is 5.75 Å². The zero-order chi connectivity index (χ0) is 9.10. The first kappa shape index (κ1) is 7.85. The first-order valence-corrected chi connectivity index (χ1v) is 3.94. The molecule has 0 saturated heterocycles. The number of hydrogen-bond donors (Lipinski definition) is 1. The fraction of sp³-hybridized carbons (Fsp3) is 0.250. The van der Waals surface area contributed by atoms with Crippen LogP contribution in [0.3, 0.4) is 0 Å². The summed E-state index contributed by atoms with van der Waals surface area (Å²) in [6.45, 7) is 0.516. The lowest BCUT2D eigenvalue weighted by Gasteiger charge is -1.98. The molecule has 0 saturated carbocycles. The van der Waals surface area contributed by atoms with E-state index in [-0.39, 0.29) is 0 Å². The molecule has 5 nitrogen and oxygen atoms in total. The summed E-state index contributed by atoms with van der Waals surface area (Å²) in [5.74, 6) is 0.767. The Morgan fingerprint density at radius 1 is 1.54 bits per heavy atom. The molecule has 0 aliphatic rings. The summed E-state index contributed by atoms with van der Waals surface area (Å²) in [5, 5.41) is 10.5. The summed E-state index contributed by atoms with van der Waals surface area (Å²) in [6, 6.07) is 0. The number of H-pyrrole nitrogens is 1. The number of aromatic amines is 1. The molecule has 0 atom stereocenters. The Bertz CT molecular complexity index is 365. The molecule has 0 amide bonds. The van der Waals surface area contributed by atoms with E-state index in [0.717, 1.165) is 11.3 Å². The third-order valence-corrected chi connectivity index (χ3v) is 1.64. The molecule has 2 aromatic heterocycles. The van der Waals surface area contributed by atoms with Crippen LogP contribution in [0.2, 0.25) is 0 Å². The summed E-state index contributed by atoms with van der Waals surface area (Å²) in [5.41, 5.74) is 1.02. The largest absolute Gasteiger partial charge is 0.485 e. The van der Waals surface area contributed by atoms with Gasteiger partial charge in [0.05, 0.1) is 18.6 Å². The van der Waals surface area contributed by atoms with Gasteiger partial charge in [0.1, 0.15) is 6.61 Å². The monoisotopic (exact) mass is 178 g/mol. The van der Waals surface area contributed by atoms with Crippen LogP contribution < -0.4 is 4.74 Å². The molecule has 2 rings (SSSR count). The van der Waals surface area contributed by atoms with Crippen molar-refractivity contribution in [3.8, 4) is 5.75 Å². The number of nitrogens with zero attached hydrogens (tertiary/aromatic N) is 3. The van der Waals surface area contributed by atoms with Crippen molar-refractivity contribution < 1.29 is 4.74 Å². The van der Waals surface area contributed by atoms with Crippen molar-refractivity contribution >= 4 is 0 Å². The van der Waals surface area contributed by atoms with E-state index in [0.29, 0.717) is 6.61 Å². The lowest BCUT2D eigenvalue weighted by molar-refractivity contribution is 0.306. The minimum Gasteiger partial charge on any atom is -0.485 e. The molecule has 0 unspecified atom stereocenters. The third-order valence-electron chi connectivity index (χ3n) is 1.64. The fourth-order valence-corrected chi connectivity index (χ4v) is 0.997. The van der Waals surface area contributed by atoms with E-state index >= 15 is 0 Å². The van der Waals surface area contributed by atoms with Crippen molar-refractivity contribution in [2.24, 2.45) is 7.05 Å². The van der Waals surface area contributed by atoms with E-state index in [4.69, 9.17) is 4.74 Å². The number of nitrogens with one attached hydrogen (secondary N) is 1. The van der Waals surface area contributed by atoms with E-state index in [2.05, 4.69) is 15.3 Å². The molecule has 0 radical (unpaired) electrons. The summed E-state index contributed by atoms with van der Waals surface area (Å²) in [4.78, 5) is 0. The molecule has 0 spiro atoms. The predicted octanol–water partition coefficient (Wildman–Crippen LogP) is 0.722. The molecule has 0 fully saturated rings. The minimum atomic E-state index is 0.516. The second kappa shape index (κ2) is 3.30. The van der Waals surface area contributed by atoms with Gasteiger partial charge < -0.3 is 4.74 Å². The van der Waals surface area contributed by atoms with E-state index < -0.39 is 0 Å². The topological polar surface area (TPSA) is 55.7 Å². The van der Waals surface area contributed by atoms with Crippen molar-refractivity contribution in [2.75, 3.05) is 0 Å². The lowest BCUT2D eigenvalue weighted by Crippen LogP contribution is -1.92. The van der Waals surface area contributed by atoms with Gasteiger partial charge in [0, 0.05) is 18.8 Å². The smallest absolute Gasteiger partial charge is 0.157 e. The van der Waals surface area contributed by atoms with Crippen LogP contribution in [0.1, 0.15) is 5.56 Å². The van der Waals surface area contributed by atoms with Crippen molar-refractivity contribution in [1.82, 2.24) is 20.0 Å². The number of aromatic nitrogens is 4. The molecule has 1 N–H and O–H groups in total. The first-order chi connectivity index (χ1) is 6.34. The quantitative estimate of drug-likeness (QED) is 0.753. The number of ether oxygens (including phenoxy) is 1. The van der Waals surface area contributed by atoms with E-state index in [1.54, 1.807) is 23.3 Å². The highest BCUT2D eigenvalue weighted by atomic mass is 16.5. The number of rotatable bonds is 3. The van der Waals surface area contributed by atoms with Gasteiger partial charge in [-0.15, -0.1) is 0 Å². The maximum Gasteiger partial charge on any atom is 0.157 e. The Hall–Kier alpha value is -1.78. The van der Waals surface area contributed by atoms with Gasteiger partial charge >= 0.3 is 0 Å². The summed E-state index contributed by atoms with van der Waals surface area (Å²) >= 11 is 0. The standard InChI is InChI=1S/C8H10N4O/c1-12-5-8(4-11-12)13-6-7-2-9-10-3-7/h2-5H,6H2,1H3,(H,9,10). The summed E-state index contributed by atoms with van der Waals surface area (Å²) in [6.07, 6.45) is 7.03. The van der Waals surface area contributed by atoms with Gasteiger partial charge in [-0.3, -0.25) is 9.78 Å². The highest BCUT2D eigenvalue weighted by Crippen LogP contribution is 2.09. The Balaban J connectivity index is 1.93. The van der Waals surface area contributed by atoms with E-state index in [1.165, 1.54) is 0 Å². The van der Waals surface area contributed by atoms with Crippen molar-refractivity contribution in [2.45, 2.75) is 6.61 Å². The summed E-state index contributed by atoms with van der Waals surface area (Å²) in [7, 11) is 1.85. The molecule has 68 valence electrons. The van der Waals surface area contributed by atoms with Crippen LogP contribution in [0.4, 0.5) is 0 Å². The van der Waals surface area contributed by atoms with Crippen LogP contribution in [-0.4, -0.2) is 20.0 Å². The van der Waals surface area contributed by atoms with Gasteiger partial charge in [-0.05, 0) is 0 Å². The average Bonchev–Trinajstić information content (AvgIpc) is 2.71. The highest BCUT2D eigenvalue weighted by Gasteiger charge is 1.98. The molecular formula is C8H10N4O. The van der Waals surface area contributed by atoms with Crippen LogP contribution in [0.25, 0.3) is 0 Å². The van der Waals surface area contributed by atoms with Crippen molar-refractivity contribution in [3.63, 3.8) is 0 Å². The zero-order valence-corrected chi connectivity index (χ0v) is 7.27. The fourth-order valence-electron chi connectivity index (χ4n) is 0.997. The number of hydrogen-bond acceptors (Lipinski definition) is 3. The van der Waals surface area contributed by atoms with Crippen LogP contribution in [0.5, 0.6) is 5.75 Å². The SMILES string of the molecule is Cn1cc(OCc2cn[nH]c2)cn1. The molecular weight excluding hydrogens is 168 g/mol. The molecule has 2 aromatic rings. The Morgan fingerprint density at radius 3 is 3.08 bits per heavy atom. The molecule has 0 bridgehead atoms. The van der Waals surface area contributed by atoms with E-state index in [9.17, 15) is 0 Å². The summed E-state index contributed by atoms with van der Waals surface area (Å²) < 4.78 is 7.13. The molecule has 5 heteroatoms. The molecule has 0 aliphatic heterocycles.